The van der Waals surface area contributed by atoms with Crippen molar-refractivity contribution < 1.29 is 28.6 Å². The van der Waals surface area contributed by atoms with Gasteiger partial charge in [-0.2, -0.15) is 0 Å². The first-order valence-corrected chi connectivity index (χ1v) is 29.4. The molecular weight excluding hydrogens is 877 g/mol. The highest BCUT2D eigenvalue weighted by molar-refractivity contribution is 5.71. The lowest BCUT2D eigenvalue weighted by Gasteiger charge is -2.18. The predicted molar refractivity (Wildman–Crippen MR) is 307 cm³/mol. The molecule has 1 atom stereocenters. The number of unbranched alkanes of at least 4 members (excludes halogenated alkanes) is 23. The molecular formula is C65H108O6. The van der Waals surface area contributed by atoms with Crippen LogP contribution in [-0.4, -0.2) is 37.2 Å². The van der Waals surface area contributed by atoms with Crippen LogP contribution in [0.4, 0.5) is 0 Å². The van der Waals surface area contributed by atoms with Gasteiger partial charge in [0.1, 0.15) is 13.2 Å². The van der Waals surface area contributed by atoms with E-state index < -0.39 is 6.10 Å². The van der Waals surface area contributed by atoms with Crippen LogP contribution in [0.3, 0.4) is 0 Å². The molecule has 0 aliphatic heterocycles. The molecule has 6 nitrogen and oxygen atoms in total. The molecule has 0 spiro atoms. The Morgan fingerprint density at radius 2 is 0.563 bits per heavy atom. The first kappa shape index (κ1) is 67.1. The maximum absolute atomic E-state index is 12.8. The summed E-state index contributed by atoms with van der Waals surface area (Å²) in [7, 11) is 0. The van der Waals surface area contributed by atoms with Gasteiger partial charge in [-0.05, 0) is 96.3 Å². The minimum absolute atomic E-state index is 0.108. The minimum Gasteiger partial charge on any atom is -0.462 e. The second-order valence-corrected chi connectivity index (χ2v) is 19.1. The SMILES string of the molecule is CC/C=C\C/C=C\C/C=C\C/C=C\C/C=C\CCCC(=O)OC(COC(=O)CCCCCC/C=C\C/C=C\C/C=C\C/C=C\CC)COC(=O)CCCCCCCCCCCCCCCCCCCCC. The van der Waals surface area contributed by atoms with Gasteiger partial charge in [0, 0.05) is 19.3 Å². The summed E-state index contributed by atoms with van der Waals surface area (Å²) in [5, 5.41) is 0. The number of ether oxygens (including phenoxy) is 3. The molecule has 404 valence electrons. The van der Waals surface area contributed by atoms with Crippen LogP contribution in [0.5, 0.6) is 0 Å². The zero-order valence-corrected chi connectivity index (χ0v) is 46.2. The summed E-state index contributed by atoms with van der Waals surface area (Å²) < 4.78 is 16.8. The van der Waals surface area contributed by atoms with Crippen molar-refractivity contribution in [3.63, 3.8) is 0 Å². The molecule has 6 heteroatoms. The van der Waals surface area contributed by atoms with Crippen molar-refractivity contribution in [2.75, 3.05) is 13.2 Å². The third-order valence-electron chi connectivity index (χ3n) is 12.3. The van der Waals surface area contributed by atoms with E-state index in [1.165, 1.54) is 103 Å². The fraction of sp³-hybridized carbons (Fsp3) is 0.677. The van der Waals surface area contributed by atoms with Crippen LogP contribution in [0, 0.1) is 0 Å². The second-order valence-electron chi connectivity index (χ2n) is 19.1. The Bertz CT molecular complexity index is 1460. The molecule has 0 saturated heterocycles. The van der Waals surface area contributed by atoms with Crippen molar-refractivity contribution in [3.8, 4) is 0 Å². The van der Waals surface area contributed by atoms with Gasteiger partial charge in [0.25, 0.3) is 0 Å². The van der Waals surface area contributed by atoms with Gasteiger partial charge in [-0.15, -0.1) is 0 Å². The van der Waals surface area contributed by atoms with E-state index in [2.05, 4.69) is 130 Å². The number of carbonyl (C=O) groups is 3. The Kier molecular flexibility index (Phi) is 55.4. The number of allylic oxidation sites excluding steroid dienone is 18. The predicted octanol–water partition coefficient (Wildman–Crippen LogP) is 19.9. The van der Waals surface area contributed by atoms with Gasteiger partial charge in [0.05, 0.1) is 0 Å². The van der Waals surface area contributed by atoms with Crippen molar-refractivity contribution in [2.45, 2.75) is 271 Å². The van der Waals surface area contributed by atoms with Crippen molar-refractivity contribution in [1.29, 1.82) is 0 Å². The van der Waals surface area contributed by atoms with E-state index in [0.29, 0.717) is 19.3 Å². The monoisotopic (exact) mass is 985 g/mol. The van der Waals surface area contributed by atoms with Gasteiger partial charge in [0.2, 0.25) is 0 Å². The number of carbonyl (C=O) groups excluding carboxylic acids is 3. The Morgan fingerprint density at radius 3 is 0.901 bits per heavy atom. The molecule has 0 radical (unpaired) electrons. The number of hydrogen-bond acceptors (Lipinski definition) is 6. The fourth-order valence-corrected chi connectivity index (χ4v) is 7.94. The molecule has 0 rings (SSSR count). The van der Waals surface area contributed by atoms with Crippen molar-refractivity contribution in [1.82, 2.24) is 0 Å². The molecule has 0 saturated carbocycles. The zero-order valence-electron chi connectivity index (χ0n) is 46.2. The molecule has 0 bridgehead atoms. The average Bonchev–Trinajstić information content (AvgIpc) is 3.37. The van der Waals surface area contributed by atoms with E-state index in [4.69, 9.17) is 14.2 Å². The first-order valence-electron chi connectivity index (χ1n) is 29.4. The minimum atomic E-state index is -0.819. The summed E-state index contributed by atoms with van der Waals surface area (Å²) in [6.45, 7) is 6.36. The van der Waals surface area contributed by atoms with Crippen molar-refractivity contribution in [2.24, 2.45) is 0 Å². The summed E-state index contributed by atoms with van der Waals surface area (Å²) in [5.74, 6) is -0.988. The van der Waals surface area contributed by atoms with E-state index in [0.717, 1.165) is 116 Å². The summed E-state index contributed by atoms with van der Waals surface area (Å²) in [4.78, 5) is 38.2. The molecule has 0 amide bonds. The van der Waals surface area contributed by atoms with Crippen LogP contribution >= 0.6 is 0 Å². The highest BCUT2D eigenvalue weighted by Gasteiger charge is 2.19. The molecule has 1 unspecified atom stereocenters. The summed E-state index contributed by atoms with van der Waals surface area (Å²) in [6, 6.07) is 0. The molecule has 0 aromatic rings. The van der Waals surface area contributed by atoms with Gasteiger partial charge < -0.3 is 14.2 Å². The Labute approximate surface area is 438 Å². The number of hydrogen-bond donors (Lipinski definition) is 0. The van der Waals surface area contributed by atoms with Crippen LogP contribution < -0.4 is 0 Å². The lowest BCUT2D eigenvalue weighted by molar-refractivity contribution is -0.167. The normalized spacial score (nSPS) is 12.9. The second kappa shape index (κ2) is 58.6. The summed E-state index contributed by atoms with van der Waals surface area (Å²) in [5.41, 5.74) is 0. The third-order valence-corrected chi connectivity index (χ3v) is 12.3. The Morgan fingerprint density at radius 1 is 0.296 bits per heavy atom. The zero-order chi connectivity index (χ0) is 51.4. The lowest BCUT2D eigenvalue weighted by Crippen LogP contribution is -2.30. The summed E-state index contributed by atoms with van der Waals surface area (Å²) in [6.07, 6.45) is 79.5. The van der Waals surface area contributed by atoms with E-state index in [1.54, 1.807) is 0 Å². The van der Waals surface area contributed by atoms with E-state index >= 15 is 0 Å². The Balaban J connectivity index is 4.49. The van der Waals surface area contributed by atoms with Gasteiger partial charge >= 0.3 is 17.9 Å². The fourth-order valence-electron chi connectivity index (χ4n) is 7.94. The van der Waals surface area contributed by atoms with E-state index in [-0.39, 0.29) is 37.5 Å². The number of rotatable bonds is 52. The summed E-state index contributed by atoms with van der Waals surface area (Å²) >= 11 is 0. The van der Waals surface area contributed by atoms with Gasteiger partial charge in [0.15, 0.2) is 6.10 Å². The van der Waals surface area contributed by atoms with Crippen molar-refractivity contribution >= 4 is 17.9 Å². The van der Waals surface area contributed by atoms with E-state index in [1.807, 2.05) is 0 Å². The van der Waals surface area contributed by atoms with Crippen LogP contribution in [-0.2, 0) is 28.6 Å². The largest absolute Gasteiger partial charge is 0.462 e. The van der Waals surface area contributed by atoms with Crippen LogP contribution in [0.1, 0.15) is 265 Å². The van der Waals surface area contributed by atoms with Crippen LogP contribution in [0.2, 0.25) is 0 Å². The maximum atomic E-state index is 12.8. The molecule has 0 aromatic heterocycles. The smallest absolute Gasteiger partial charge is 0.306 e. The molecule has 0 fully saturated rings. The number of esters is 3. The topological polar surface area (TPSA) is 78.9 Å². The quantitative estimate of drug-likeness (QED) is 0.0261. The molecule has 0 heterocycles. The highest BCUT2D eigenvalue weighted by atomic mass is 16.6. The van der Waals surface area contributed by atoms with Crippen LogP contribution in [0.15, 0.2) is 109 Å². The van der Waals surface area contributed by atoms with Gasteiger partial charge in [-0.3, -0.25) is 14.4 Å². The van der Waals surface area contributed by atoms with Crippen molar-refractivity contribution in [3.05, 3.63) is 109 Å². The maximum Gasteiger partial charge on any atom is 0.306 e. The third kappa shape index (κ3) is 56.9. The standard InChI is InChI=1S/C65H108O6/c1-4-7-10-13-16-19-22-25-28-31-32-35-37-40-43-46-49-52-55-58-64(67)70-61-62(71-65(68)59-56-53-50-47-44-41-38-34-30-27-24-21-18-15-12-9-6-3)60-69-63(66)57-54-51-48-45-42-39-36-33-29-26-23-20-17-14-11-8-5-2/h8-9,11-12,17-18,20-21,26-27,29-30,36,38-39,41,47,50,62H,4-7,10,13-16,19,22-25,28,31-35,37,40,42-46,48-49,51-61H2,1-3H3/b11-8-,12-9-,20-17-,21-18-,29-26-,30-27-,39-36-,41-38-,50-47-. The van der Waals surface area contributed by atoms with Crippen LogP contribution in [0.25, 0.3) is 0 Å². The molecule has 0 aromatic carbocycles. The average molecular weight is 986 g/mol. The van der Waals surface area contributed by atoms with Gasteiger partial charge in [-0.1, -0.05) is 259 Å². The highest BCUT2D eigenvalue weighted by Crippen LogP contribution is 2.16. The molecule has 0 aliphatic carbocycles. The van der Waals surface area contributed by atoms with Gasteiger partial charge in [-0.25, -0.2) is 0 Å². The molecule has 0 N–H and O–H groups in total. The molecule has 0 aliphatic rings. The van der Waals surface area contributed by atoms with E-state index in [9.17, 15) is 14.4 Å². The first-order chi connectivity index (χ1) is 35.0. The molecule has 71 heavy (non-hydrogen) atoms. The Hall–Kier alpha value is -3.93. The lowest BCUT2D eigenvalue weighted by atomic mass is 10.0.